The summed E-state index contributed by atoms with van der Waals surface area (Å²) in [5.74, 6) is -1.41. The summed E-state index contributed by atoms with van der Waals surface area (Å²) in [5.41, 5.74) is 2.43. The van der Waals surface area contributed by atoms with E-state index in [0.717, 1.165) is 20.4 Å². The number of anilines is 1. The maximum atomic E-state index is 14.5. The fraction of sp³-hybridized carbons (Fsp3) is 0.0833. The van der Waals surface area contributed by atoms with Gasteiger partial charge in [-0.05, 0) is 54.1 Å². The Morgan fingerprint density at radius 3 is 2.29 bits per heavy atom. The lowest BCUT2D eigenvalue weighted by atomic mass is 10.1. The van der Waals surface area contributed by atoms with Crippen LogP contribution in [0.1, 0.15) is 11.4 Å². The molecule has 35 heavy (non-hydrogen) atoms. The molecule has 2 heterocycles. The van der Waals surface area contributed by atoms with Gasteiger partial charge in [-0.2, -0.15) is 8.42 Å². The van der Waals surface area contributed by atoms with Gasteiger partial charge < -0.3 is 4.57 Å². The van der Waals surface area contributed by atoms with E-state index in [1.807, 2.05) is 29.0 Å². The minimum absolute atomic E-state index is 0.159. The number of rotatable bonds is 5. The van der Waals surface area contributed by atoms with Crippen LogP contribution in [0, 0.1) is 11.6 Å². The van der Waals surface area contributed by atoms with E-state index in [9.17, 15) is 22.0 Å². The summed E-state index contributed by atoms with van der Waals surface area (Å²) in [7, 11) is -3.92. The average Bonchev–Trinajstić information content (AvgIpc) is 3.34. The van der Waals surface area contributed by atoms with Crippen molar-refractivity contribution in [3.05, 3.63) is 100 Å². The van der Waals surface area contributed by atoms with Gasteiger partial charge in [0.05, 0.1) is 11.4 Å². The van der Waals surface area contributed by atoms with Crippen molar-refractivity contribution in [3.63, 3.8) is 0 Å². The first-order valence-electron chi connectivity index (χ1n) is 10.4. The number of carbonyl (C=O) groups is 1. The average molecular weight is 559 g/mol. The van der Waals surface area contributed by atoms with E-state index in [-0.39, 0.29) is 12.1 Å². The zero-order valence-electron chi connectivity index (χ0n) is 18.0. The van der Waals surface area contributed by atoms with E-state index in [1.54, 1.807) is 35.0 Å². The molecule has 1 fully saturated rings. The number of amides is 1. The first-order valence-corrected chi connectivity index (χ1v) is 12.6. The summed E-state index contributed by atoms with van der Waals surface area (Å²) in [6, 6.07) is 17.5. The van der Waals surface area contributed by atoms with Gasteiger partial charge in [0.15, 0.2) is 0 Å². The van der Waals surface area contributed by atoms with Crippen LogP contribution in [-0.4, -0.2) is 30.4 Å². The number of hydrogen-bond acceptors (Lipinski definition) is 4. The highest BCUT2D eigenvalue weighted by molar-refractivity contribution is 9.10. The van der Waals surface area contributed by atoms with Crippen LogP contribution in [0.25, 0.3) is 16.9 Å². The molecule has 0 aliphatic carbocycles. The molecule has 0 radical (unpaired) electrons. The normalized spacial score (nSPS) is 14.8. The molecule has 3 aromatic carbocycles. The molecule has 1 amide bonds. The van der Waals surface area contributed by atoms with Gasteiger partial charge in [0.1, 0.15) is 24.0 Å². The lowest BCUT2D eigenvalue weighted by Gasteiger charge is -2.15. The van der Waals surface area contributed by atoms with Crippen LogP contribution in [0.5, 0.6) is 0 Å². The smallest absolute Gasteiger partial charge is 0.303 e. The Bertz CT molecular complexity index is 1540. The van der Waals surface area contributed by atoms with E-state index in [1.165, 1.54) is 12.1 Å². The van der Waals surface area contributed by atoms with Gasteiger partial charge >= 0.3 is 10.2 Å². The van der Waals surface area contributed by atoms with Crippen LogP contribution in [0.2, 0.25) is 0 Å². The van der Waals surface area contributed by atoms with Crippen molar-refractivity contribution in [1.29, 1.82) is 0 Å². The van der Waals surface area contributed by atoms with Crippen molar-refractivity contribution in [2.75, 3.05) is 10.8 Å². The summed E-state index contributed by atoms with van der Waals surface area (Å²) in [5, 5.41) is 0. The van der Waals surface area contributed by atoms with Gasteiger partial charge in [-0.15, -0.1) is 0 Å². The maximum absolute atomic E-state index is 14.5. The molecule has 0 spiro atoms. The van der Waals surface area contributed by atoms with Crippen molar-refractivity contribution < 1.29 is 22.0 Å². The molecule has 0 atom stereocenters. The predicted octanol–water partition coefficient (Wildman–Crippen LogP) is 4.35. The minimum atomic E-state index is -3.92. The first-order chi connectivity index (χ1) is 16.7. The molecule has 7 nitrogen and oxygen atoms in total. The third kappa shape index (κ3) is 4.69. The summed E-state index contributed by atoms with van der Waals surface area (Å²) in [4.78, 5) is 16.2. The van der Waals surface area contributed by atoms with Crippen molar-refractivity contribution in [3.8, 4) is 16.9 Å². The number of aromatic nitrogens is 2. The topological polar surface area (TPSA) is 84.3 Å². The number of carbonyl (C=O) groups excluding carboxylic acids is 1. The number of nitrogens with one attached hydrogen (secondary N) is 1. The summed E-state index contributed by atoms with van der Waals surface area (Å²) in [6.45, 7) is -0.296. The van der Waals surface area contributed by atoms with E-state index >= 15 is 0 Å². The second-order valence-corrected chi connectivity index (χ2v) is 10.4. The lowest BCUT2D eigenvalue weighted by Crippen LogP contribution is -2.29. The van der Waals surface area contributed by atoms with Crippen LogP contribution >= 0.6 is 15.9 Å². The molecular weight excluding hydrogens is 542 g/mol. The SMILES string of the molecule is O=C1CN(c2ccc(-n3cc(-c4ccc(F)cc4F)nc3Cc3ccc(Br)cc3)cc2)S(=O)(=O)N1. The van der Waals surface area contributed by atoms with Gasteiger partial charge in [-0.25, -0.2) is 22.8 Å². The molecule has 11 heteroatoms. The van der Waals surface area contributed by atoms with E-state index in [4.69, 9.17) is 0 Å². The molecule has 1 saturated heterocycles. The Balaban J connectivity index is 1.55. The fourth-order valence-corrected chi connectivity index (χ4v) is 5.25. The highest BCUT2D eigenvalue weighted by Crippen LogP contribution is 2.28. The summed E-state index contributed by atoms with van der Waals surface area (Å²) >= 11 is 3.41. The molecular formula is C24H17BrF2N4O3S. The summed E-state index contributed by atoms with van der Waals surface area (Å²) < 4.78 is 57.8. The molecule has 0 bridgehead atoms. The van der Waals surface area contributed by atoms with E-state index in [0.29, 0.717) is 29.3 Å². The Morgan fingerprint density at radius 1 is 0.971 bits per heavy atom. The van der Waals surface area contributed by atoms with Gasteiger partial charge in [0.2, 0.25) is 0 Å². The third-order valence-electron chi connectivity index (χ3n) is 5.50. The second-order valence-electron chi connectivity index (χ2n) is 7.89. The van der Waals surface area contributed by atoms with Gasteiger partial charge in [0.25, 0.3) is 5.91 Å². The zero-order valence-corrected chi connectivity index (χ0v) is 20.4. The van der Waals surface area contributed by atoms with Crippen LogP contribution in [0.3, 0.4) is 0 Å². The standard InChI is InChI=1S/C24H17BrF2N4O3S/c25-16-3-1-15(2-4-16)11-23-28-22(20-10-5-17(26)12-21(20)27)13-30(23)18-6-8-19(9-7-18)31-14-24(32)29-35(31,33)34/h1-10,12-13H,11,14H2,(H,29,32). The van der Waals surface area contributed by atoms with Crippen LogP contribution in [0.15, 0.2) is 77.4 Å². The Hall–Kier alpha value is -3.57. The zero-order chi connectivity index (χ0) is 24.7. The highest BCUT2D eigenvalue weighted by atomic mass is 79.9. The minimum Gasteiger partial charge on any atom is -0.303 e. The number of nitrogens with zero attached hydrogens (tertiary/aromatic N) is 3. The number of hydrogen-bond donors (Lipinski definition) is 1. The number of imidazole rings is 1. The first kappa shape index (κ1) is 23.2. The third-order valence-corrected chi connectivity index (χ3v) is 7.43. The molecule has 1 N–H and O–H groups in total. The van der Waals surface area contributed by atoms with Crippen molar-refractivity contribution in [2.45, 2.75) is 6.42 Å². The van der Waals surface area contributed by atoms with E-state index in [2.05, 4.69) is 20.9 Å². The van der Waals surface area contributed by atoms with Gasteiger partial charge in [-0.1, -0.05) is 28.1 Å². The lowest BCUT2D eigenvalue weighted by molar-refractivity contribution is -0.117. The molecule has 1 aliphatic rings. The maximum Gasteiger partial charge on any atom is 0.326 e. The fourth-order valence-electron chi connectivity index (χ4n) is 3.83. The van der Waals surface area contributed by atoms with Crippen molar-refractivity contribution >= 4 is 37.7 Å². The van der Waals surface area contributed by atoms with Gasteiger partial charge in [-0.3, -0.25) is 4.79 Å². The summed E-state index contributed by atoms with van der Waals surface area (Å²) in [6.07, 6.45) is 2.08. The van der Waals surface area contributed by atoms with Gasteiger partial charge in [0, 0.05) is 34.4 Å². The molecule has 1 aromatic heterocycles. The van der Waals surface area contributed by atoms with Crippen molar-refractivity contribution in [2.24, 2.45) is 0 Å². The molecule has 0 saturated carbocycles. The second kappa shape index (κ2) is 8.90. The Morgan fingerprint density at radius 2 is 1.66 bits per heavy atom. The largest absolute Gasteiger partial charge is 0.326 e. The molecule has 0 unspecified atom stereocenters. The number of halogens is 3. The highest BCUT2D eigenvalue weighted by Gasteiger charge is 2.33. The Kier molecular flexibility index (Phi) is 5.89. The van der Waals surface area contributed by atoms with Crippen LogP contribution < -0.4 is 9.03 Å². The van der Waals surface area contributed by atoms with E-state index < -0.39 is 27.8 Å². The predicted molar refractivity (Wildman–Crippen MR) is 130 cm³/mol. The quantitative estimate of drug-likeness (QED) is 0.394. The molecule has 4 aromatic rings. The number of benzene rings is 3. The monoisotopic (exact) mass is 558 g/mol. The molecule has 5 rings (SSSR count). The van der Waals surface area contributed by atoms with Crippen molar-refractivity contribution in [1.82, 2.24) is 14.3 Å². The van der Waals surface area contributed by atoms with Crippen LogP contribution in [0.4, 0.5) is 14.5 Å². The Labute approximate surface area is 208 Å². The molecule has 178 valence electrons. The molecule has 1 aliphatic heterocycles. The van der Waals surface area contributed by atoms with Crippen LogP contribution in [-0.2, 0) is 21.4 Å².